The third kappa shape index (κ3) is 1.01. The number of nitrogens with one attached hydrogen (secondary N) is 1. The molecule has 0 spiro atoms. The first kappa shape index (κ1) is 7.73. The van der Waals surface area contributed by atoms with Gasteiger partial charge in [-0.25, -0.2) is 4.68 Å². The van der Waals surface area contributed by atoms with E-state index in [9.17, 15) is 0 Å². The molecule has 0 aliphatic carbocycles. The summed E-state index contributed by atoms with van der Waals surface area (Å²) in [6, 6.07) is 0.267. The third-order valence-corrected chi connectivity index (χ3v) is 2.91. The highest BCUT2D eigenvalue weighted by Gasteiger charge is 2.36. The summed E-state index contributed by atoms with van der Waals surface area (Å²) in [5.74, 6) is 0. The van der Waals surface area contributed by atoms with Crippen LogP contribution in [0.5, 0.6) is 0 Å². The van der Waals surface area contributed by atoms with E-state index in [-0.39, 0.29) is 12.1 Å². The van der Waals surface area contributed by atoms with Gasteiger partial charge in [0.05, 0.1) is 18.8 Å². The van der Waals surface area contributed by atoms with E-state index < -0.39 is 0 Å². The fraction of sp³-hybridized carbons (Fsp3) is 0.714. The van der Waals surface area contributed by atoms with Crippen LogP contribution in [0.1, 0.15) is 11.7 Å². The van der Waals surface area contributed by atoms with E-state index >= 15 is 0 Å². The van der Waals surface area contributed by atoms with Crippen LogP contribution in [0.3, 0.4) is 0 Å². The number of nitrogens with zero attached hydrogens (tertiary/aromatic N) is 3. The van der Waals surface area contributed by atoms with Crippen LogP contribution < -0.4 is 5.32 Å². The molecular formula is C7H9ClN4O. The second kappa shape index (κ2) is 2.67. The van der Waals surface area contributed by atoms with Crippen LogP contribution in [0, 0.1) is 0 Å². The second-order valence-electron chi connectivity index (χ2n) is 3.35. The fourth-order valence-electron chi connectivity index (χ4n) is 1.93. The molecule has 0 bridgehead atoms. The summed E-state index contributed by atoms with van der Waals surface area (Å²) in [7, 11) is 0. The van der Waals surface area contributed by atoms with Crippen molar-refractivity contribution in [2.24, 2.45) is 0 Å². The number of halogens is 1. The van der Waals surface area contributed by atoms with Gasteiger partial charge in [0.2, 0.25) is 0 Å². The van der Waals surface area contributed by atoms with Gasteiger partial charge in [0.25, 0.3) is 0 Å². The molecule has 2 aliphatic heterocycles. The van der Waals surface area contributed by atoms with Crippen LogP contribution in [-0.2, 0) is 11.3 Å². The zero-order valence-corrected chi connectivity index (χ0v) is 7.66. The molecule has 0 aromatic carbocycles. The summed E-state index contributed by atoms with van der Waals surface area (Å²) in [5.41, 5.74) is 0.895. The molecule has 1 saturated heterocycles. The van der Waals surface area contributed by atoms with Gasteiger partial charge in [0.1, 0.15) is 5.69 Å². The molecule has 1 aromatic heterocycles. The molecule has 70 valence electrons. The topological polar surface area (TPSA) is 52.0 Å². The van der Waals surface area contributed by atoms with Gasteiger partial charge in [-0.05, 0) is 0 Å². The van der Waals surface area contributed by atoms with Crippen molar-refractivity contribution in [3.63, 3.8) is 0 Å². The number of fused-ring (bicyclic) bond motifs is 3. The summed E-state index contributed by atoms with van der Waals surface area (Å²) in [6.07, 6.45) is 0.227. The van der Waals surface area contributed by atoms with Crippen LogP contribution in [0.4, 0.5) is 0 Å². The smallest absolute Gasteiger partial charge is 0.176 e. The molecule has 0 amide bonds. The molecule has 1 fully saturated rings. The molecule has 0 saturated carbocycles. The lowest BCUT2D eigenvalue weighted by Crippen LogP contribution is -2.32. The zero-order valence-electron chi connectivity index (χ0n) is 6.90. The minimum Gasteiger partial charge on any atom is -0.368 e. The molecule has 3 heterocycles. The van der Waals surface area contributed by atoms with Crippen molar-refractivity contribution in [2.45, 2.75) is 18.8 Å². The summed E-state index contributed by atoms with van der Waals surface area (Å²) < 4.78 is 7.51. The maximum Gasteiger partial charge on any atom is 0.176 e. The van der Waals surface area contributed by atoms with E-state index in [0.29, 0.717) is 11.8 Å². The van der Waals surface area contributed by atoms with Crippen molar-refractivity contribution in [3.05, 3.63) is 10.8 Å². The largest absolute Gasteiger partial charge is 0.368 e. The normalized spacial score (nSPS) is 31.5. The highest BCUT2D eigenvalue weighted by atomic mass is 35.5. The SMILES string of the molecule is Clc1nnn2c1CO[C@H]1CNC[C@@H]12. The average Bonchev–Trinajstić information content (AvgIpc) is 2.70. The van der Waals surface area contributed by atoms with Gasteiger partial charge in [0.15, 0.2) is 5.15 Å². The fourth-order valence-corrected chi connectivity index (χ4v) is 2.10. The Morgan fingerprint density at radius 1 is 1.54 bits per heavy atom. The minimum atomic E-state index is 0.227. The van der Waals surface area contributed by atoms with E-state index in [2.05, 4.69) is 15.6 Å². The van der Waals surface area contributed by atoms with Crippen LogP contribution >= 0.6 is 11.6 Å². The van der Waals surface area contributed by atoms with E-state index in [4.69, 9.17) is 16.3 Å². The first-order chi connectivity index (χ1) is 6.36. The van der Waals surface area contributed by atoms with E-state index in [1.54, 1.807) is 0 Å². The van der Waals surface area contributed by atoms with E-state index in [1.165, 1.54) is 0 Å². The van der Waals surface area contributed by atoms with Crippen molar-refractivity contribution < 1.29 is 4.74 Å². The van der Waals surface area contributed by atoms with Gasteiger partial charge in [-0.3, -0.25) is 0 Å². The number of hydrogen-bond donors (Lipinski definition) is 1. The first-order valence-electron chi connectivity index (χ1n) is 4.28. The Bertz CT molecular complexity index is 339. The lowest BCUT2D eigenvalue weighted by Gasteiger charge is -2.25. The molecule has 6 heteroatoms. The quantitative estimate of drug-likeness (QED) is 0.639. The first-order valence-corrected chi connectivity index (χ1v) is 4.66. The Labute approximate surface area is 80.0 Å². The Morgan fingerprint density at radius 3 is 3.38 bits per heavy atom. The van der Waals surface area contributed by atoms with Crippen molar-refractivity contribution >= 4 is 11.6 Å². The second-order valence-corrected chi connectivity index (χ2v) is 3.70. The van der Waals surface area contributed by atoms with E-state index in [0.717, 1.165) is 18.8 Å². The number of rotatable bonds is 0. The summed E-state index contributed by atoms with van der Waals surface area (Å²) in [6.45, 7) is 2.30. The molecule has 5 nitrogen and oxygen atoms in total. The Morgan fingerprint density at radius 2 is 2.46 bits per heavy atom. The molecular weight excluding hydrogens is 192 g/mol. The van der Waals surface area contributed by atoms with Gasteiger partial charge < -0.3 is 10.1 Å². The number of aromatic nitrogens is 3. The predicted octanol–water partition coefficient (Wildman–Crippen LogP) is -0.0254. The monoisotopic (exact) mass is 200 g/mol. The van der Waals surface area contributed by atoms with Gasteiger partial charge in [0, 0.05) is 13.1 Å². The Kier molecular flexibility index (Phi) is 1.59. The van der Waals surface area contributed by atoms with Crippen LogP contribution in [-0.4, -0.2) is 34.2 Å². The highest BCUT2D eigenvalue weighted by Crippen LogP contribution is 2.28. The minimum absolute atomic E-state index is 0.227. The van der Waals surface area contributed by atoms with Crippen molar-refractivity contribution in [1.29, 1.82) is 0 Å². The molecule has 2 aliphatic rings. The molecule has 3 rings (SSSR count). The van der Waals surface area contributed by atoms with Crippen LogP contribution in [0.2, 0.25) is 5.15 Å². The van der Waals surface area contributed by atoms with Crippen molar-refractivity contribution in [2.75, 3.05) is 13.1 Å². The number of hydrogen-bond acceptors (Lipinski definition) is 4. The lowest BCUT2D eigenvalue weighted by atomic mass is 10.2. The van der Waals surface area contributed by atoms with Gasteiger partial charge in [-0.2, -0.15) is 0 Å². The van der Waals surface area contributed by atoms with Crippen LogP contribution in [0.15, 0.2) is 0 Å². The van der Waals surface area contributed by atoms with Gasteiger partial charge >= 0.3 is 0 Å². The van der Waals surface area contributed by atoms with Crippen LogP contribution in [0.25, 0.3) is 0 Å². The molecule has 13 heavy (non-hydrogen) atoms. The molecule has 1 N–H and O–H groups in total. The molecule has 2 atom stereocenters. The Balaban J connectivity index is 2.06. The van der Waals surface area contributed by atoms with E-state index in [1.807, 2.05) is 4.68 Å². The summed E-state index contributed by atoms with van der Waals surface area (Å²) in [5, 5.41) is 11.6. The third-order valence-electron chi connectivity index (χ3n) is 2.62. The summed E-state index contributed by atoms with van der Waals surface area (Å²) in [4.78, 5) is 0. The Hall–Kier alpha value is -0.650. The van der Waals surface area contributed by atoms with Gasteiger partial charge in [-0.1, -0.05) is 16.8 Å². The zero-order chi connectivity index (χ0) is 8.84. The average molecular weight is 201 g/mol. The predicted molar refractivity (Wildman–Crippen MR) is 45.5 cm³/mol. The van der Waals surface area contributed by atoms with Crippen molar-refractivity contribution in [1.82, 2.24) is 20.3 Å². The summed E-state index contributed by atoms with van der Waals surface area (Å²) >= 11 is 5.85. The number of ether oxygens (including phenoxy) is 1. The maximum atomic E-state index is 5.85. The van der Waals surface area contributed by atoms with Gasteiger partial charge in [-0.15, -0.1) is 5.10 Å². The van der Waals surface area contributed by atoms with Crippen molar-refractivity contribution in [3.8, 4) is 0 Å². The maximum absolute atomic E-state index is 5.85. The molecule has 1 aromatic rings. The lowest BCUT2D eigenvalue weighted by molar-refractivity contribution is -0.00284. The highest BCUT2D eigenvalue weighted by molar-refractivity contribution is 6.29. The molecule has 0 unspecified atom stereocenters. The standard InChI is InChI=1S/C7H9ClN4O/c8-7-5-3-13-6-2-9-1-4(6)12(5)11-10-7/h4,6,9H,1-3H2/t4-,6-/m0/s1. The molecule has 0 radical (unpaired) electrons.